The standard InChI is InChI=1S/C9H14O8/c1-5(10)4-17-9(8(15)16,2-6(11)12)3-7(13)14/h5,10H,2-4H2,1H3,(H,11,12)(H,13,14)(H,15,16). The third kappa shape index (κ3) is 5.27. The summed E-state index contributed by atoms with van der Waals surface area (Å²) in [5.74, 6) is -4.69. The second-order valence-corrected chi connectivity index (χ2v) is 3.60. The second kappa shape index (κ2) is 6.16. The van der Waals surface area contributed by atoms with Gasteiger partial charge in [0.05, 0.1) is 25.6 Å². The Morgan fingerprint density at radius 3 is 1.76 bits per heavy atom. The molecule has 0 aliphatic heterocycles. The Labute approximate surface area is 96.4 Å². The Bertz CT molecular complexity index is 292. The molecule has 8 nitrogen and oxygen atoms in total. The van der Waals surface area contributed by atoms with E-state index >= 15 is 0 Å². The smallest absolute Gasteiger partial charge is 0.337 e. The summed E-state index contributed by atoms with van der Waals surface area (Å²) in [7, 11) is 0. The largest absolute Gasteiger partial charge is 0.481 e. The average Bonchev–Trinajstić information content (AvgIpc) is 2.11. The van der Waals surface area contributed by atoms with Crippen molar-refractivity contribution in [2.75, 3.05) is 6.61 Å². The van der Waals surface area contributed by atoms with Gasteiger partial charge in [-0.15, -0.1) is 0 Å². The summed E-state index contributed by atoms with van der Waals surface area (Å²) in [5.41, 5.74) is -2.37. The number of rotatable bonds is 8. The molecule has 0 rings (SSSR count). The number of carbonyl (C=O) groups is 3. The molecule has 0 saturated carbocycles. The Balaban J connectivity index is 5.01. The van der Waals surface area contributed by atoms with Gasteiger partial charge in [0.15, 0.2) is 5.60 Å². The maximum atomic E-state index is 11.0. The summed E-state index contributed by atoms with van der Waals surface area (Å²) in [6.07, 6.45) is -3.03. The van der Waals surface area contributed by atoms with E-state index in [4.69, 9.17) is 25.2 Å². The highest BCUT2D eigenvalue weighted by molar-refractivity contribution is 5.88. The Morgan fingerprint density at radius 2 is 1.53 bits per heavy atom. The van der Waals surface area contributed by atoms with Crippen molar-refractivity contribution < 1.29 is 39.5 Å². The molecule has 0 aromatic heterocycles. The van der Waals surface area contributed by atoms with Crippen LogP contribution in [0.4, 0.5) is 0 Å². The van der Waals surface area contributed by atoms with Crippen LogP contribution in [0.3, 0.4) is 0 Å². The predicted octanol–water partition coefficient (Wildman–Crippen LogP) is -0.843. The molecule has 17 heavy (non-hydrogen) atoms. The minimum absolute atomic E-state index is 0.465. The summed E-state index contributed by atoms with van der Waals surface area (Å²) in [5, 5.41) is 35.0. The fourth-order valence-corrected chi connectivity index (χ4v) is 1.15. The van der Waals surface area contributed by atoms with Crippen LogP contribution >= 0.6 is 0 Å². The topological polar surface area (TPSA) is 141 Å². The van der Waals surface area contributed by atoms with Gasteiger partial charge >= 0.3 is 17.9 Å². The SMILES string of the molecule is CC(O)COC(CC(=O)O)(CC(=O)O)C(=O)O. The number of aliphatic hydroxyl groups excluding tert-OH is 1. The highest BCUT2D eigenvalue weighted by atomic mass is 16.5. The molecule has 0 bridgehead atoms. The van der Waals surface area contributed by atoms with E-state index in [1.165, 1.54) is 6.92 Å². The molecule has 8 heteroatoms. The molecule has 0 radical (unpaired) electrons. The lowest BCUT2D eigenvalue weighted by Crippen LogP contribution is -2.46. The van der Waals surface area contributed by atoms with Gasteiger partial charge in [-0.25, -0.2) is 4.79 Å². The lowest BCUT2D eigenvalue weighted by Gasteiger charge is -2.27. The van der Waals surface area contributed by atoms with Gasteiger partial charge in [-0.1, -0.05) is 0 Å². The first-order valence-electron chi connectivity index (χ1n) is 4.68. The quantitative estimate of drug-likeness (QED) is 0.436. The fraction of sp³-hybridized carbons (Fsp3) is 0.667. The van der Waals surface area contributed by atoms with Crippen molar-refractivity contribution in [3.63, 3.8) is 0 Å². The molecule has 0 spiro atoms. The van der Waals surface area contributed by atoms with Gasteiger partial charge in [0.2, 0.25) is 0 Å². The molecular formula is C9H14O8. The number of aliphatic hydroxyl groups is 1. The minimum atomic E-state index is -2.37. The number of carboxylic acids is 3. The first-order valence-corrected chi connectivity index (χ1v) is 4.68. The van der Waals surface area contributed by atoms with Gasteiger partial charge in [-0.05, 0) is 6.92 Å². The molecule has 1 unspecified atom stereocenters. The van der Waals surface area contributed by atoms with Crippen LogP contribution in [0.5, 0.6) is 0 Å². The zero-order valence-corrected chi connectivity index (χ0v) is 9.12. The lowest BCUT2D eigenvalue weighted by molar-refractivity contribution is -0.181. The van der Waals surface area contributed by atoms with E-state index < -0.39 is 49.1 Å². The van der Waals surface area contributed by atoms with Crippen LogP contribution in [0.1, 0.15) is 19.8 Å². The van der Waals surface area contributed by atoms with Gasteiger partial charge in [-0.2, -0.15) is 0 Å². The van der Waals surface area contributed by atoms with Crippen LogP contribution in [0.25, 0.3) is 0 Å². The lowest BCUT2D eigenvalue weighted by atomic mass is 9.95. The Kier molecular flexibility index (Phi) is 5.56. The number of hydrogen-bond donors (Lipinski definition) is 4. The minimum Gasteiger partial charge on any atom is -0.481 e. The molecule has 0 aliphatic carbocycles. The fourth-order valence-electron chi connectivity index (χ4n) is 1.15. The van der Waals surface area contributed by atoms with Crippen molar-refractivity contribution in [3.05, 3.63) is 0 Å². The molecule has 0 aliphatic rings. The van der Waals surface area contributed by atoms with Crippen molar-refractivity contribution in [2.45, 2.75) is 31.5 Å². The van der Waals surface area contributed by atoms with Crippen LogP contribution in [0.15, 0.2) is 0 Å². The summed E-state index contributed by atoms with van der Waals surface area (Å²) in [6, 6.07) is 0. The normalized spacial score (nSPS) is 13.1. The third-order valence-corrected chi connectivity index (χ3v) is 1.86. The average molecular weight is 250 g/mol. The van der Waals surface area contributed by atoms with Crippen LogP contribution in [0.2, 0.25) is 0 Å². The zero-order chi connectivity index (χ0) is 13.6. The first-order chi connectivity index (χ1) is 7.69. The number of ether oxygens (including phenoxy) is 1. The van der Waals surface area contributed by atoms with E-state index in [1.54, 1.807) is 0 Å². The van der Waals surface area contributed by atoms with Crippen molar-refractivity contribution >= 4 is 17.9 Å². The first kappa shape index (κ1) is 15.3. The van der Waals surface area contributed by atoms with Gasteiger partial charge in [0, 0.05) is 0 Å². The highest BCUT2D eigenvalue weighted by Crippen LogP contribution is 2.22. The van der Waals surface area contributed by atoms with Crippen LogP contribution in [-0.4, -0.2) is 56.6 Å². The summed E-state index contributed by atoms with van der Waals surface area (Å²) < 4.78 is 4.76. The maximum absolute atomic E-state index is 11.0. The van der Waals surface area contributed by atoms with Crippen LogP contribution in [0, 0.1) is 0 Å². The number of hydrogen-bond acceptors (Lipinski definition) is 5. The third-order valence-electron chi connectivity index (χ3n) is 1.86. The summed E-state index contributed by atoms with van der Waals surface area (Å²) in [6.45, 7) is 0.834. The Hall–Kier alpha value is -1.67. The van der Waals surface area contributed by atoms with Gasteiger partial charge in [0.1, 0.15) is 0 Å². The van der Waals surface area contributed by atoms with E-state index in [0.29, 0.717) is 0 Å². The van der Waals surface area contributed by atoms with Gasteiger partial charge in [-0.3, -0.25) is 9.59 Å². The van der Waals surface area contributed by atoms with E-state index in [0.717, 1.165) is 0 Å². The molecule has 0 aromatic rings. The predicted molar refractivity (Wildman–Crippen MR) is 52.5 cm³/mol. The number of carboxylic acid groups (broad SMARTS) is 3. The van der Waals surface area contributed by atoms with Gasteiger partial charge in [0.25, 0.3) is 0 Å². The highest BCUT2D eigenvalue weighted by Gasteiger charge is 2.44. The molecule has 0 aromatic carbocycles. The molecule has 4 N–H and O–H groups in total. The van der Waals surface area contributed by atoms with Crippen molar-refractivity contribution in [2.24, 2.45) is 0 Å². The van der Waals surface area contributed by atoms with E-state index in [-0.39, 0.29) is 0 Å². The van der Waals surface area contributed by atoms with Crippen molar-refractivity contribution in [3.8, 4) is 0 Å². The van der Waals surface area contributed by atoms with Crippen molar-refractivity contribution in [1.82, 2.24) is 0 Å². The molecular weight excluding hydrogens is 236 g/mol. The van der Waals surface area contributed by atoms with Gasteiger partial charge < -0.3 is 25.2 Å². The number of aliphatic carboxylic acids is 3. The maximum Gasteiger partial charge on any atom is 0.337 e. The molecule has 0 fully saturated rings. The molecule has 98 valence electrons. The second-order valence-electron chi connectivity index (χ2n) is 3.60. The van der Waals surface area contributed by atoms with Crippen molar-refractivity contribution in [1.29, 1.82) is 0 Å². The molecule has 0 saturated heterocycles. The zero-order valence-electron chi connectivity index (χ0n) is 9.12. The van der Waals surface area contributed by atoms with Crippen LogP contribution in [-0.2, 0) is 19.1 Å². The molecule has 0 amide bonds. The monoisotopic (exact) mass is 250 g/mol. The van der Waals surface area contributed by atoms with E-state index in [1.807, 2.05) is 0 Å². The van der Waals surface area contributed by atoms with Crippen LogP contribution < -0.4 is 0 Å². The molecule has 1 atom stereocenters. The summed E-state index contributed by atoms with van der Waals surface area (Å²) in [4.78, 5) is 32.1. The molecule has 0 heterocycles. The summed E-state index contributed by atoms with van der Waals surface area (Å²) >= 11 is 0. The Morgan fingerprint density at radius 1 is 1.12 bits per heavy atom. The van der Waals surface area contributed by atoms with E-state index in [9.17, 15) is 14.4 Å². The van der Waals surface area contributed by atoms with E-state index in [2.05, 4.69) is 0 Å².